The van der Waals surface area contributed by atoms with Crippen LogP contribution in [-0.4, -0.2) is 69.3 Å². The van der Waals surface area contributed by atoms with Gasteiger partial charge in [-0.3, -0.25) is 14.6 Å². The molecule has 0 amide bonds. The van der Waals surface area contributed by atoms with E-state index < -0.39 is 17.4 Å². The second-order valence-corrected chi connectivity index (χ2v) is 10.5. The highest BCUT2D eigenvalue weighted by atomic mass is 16.5. The number of aliphatic imine (C=N–C) groups is 3. The van der Waals surface area contributed by atoms with Crippen LogP contribution in [0, 0.1) is 11.8 Å². The summed E-state index contributed by atoms with van der Waals surface area (Å²) in [6.45, 7) is 4.87. The van der Waals surface area contributed by atoms with E-state index in [2.05, 4.69) is 15.3 Å². The molecule has 0 aromatic heterocycles. The Labute approximate surface area is 234 Å². The van der Waals surface area contributed by atoms with Gasteiger partial charge in [-0.25, -0.2) is 9.98 Å². The van der Waals surface area contributed by atoms with E-state index in [1.165, 1.54) is 0 Å². The van der Waals surface area contributed by atoms with Crippen molar-refractivity contribution in [1.29, 1.82) is 0 Å². The fourth-order valence-corrected chi connectivity index (χ4v) is 5.37. The lowest BCUT2D eigenvalue weighted by atomic mass is 9.67. The monoisotopic (exact) mass is 542 g/mol. The molecule has 0 radical (unpaired) electrons. The number of hydrogen-bond donors (Lipinski definition) is 1. The van der Waals surface area contributed by atoms with Gasteiger partial charge in [-0.2, -0.15) is 0 Å². The summed E-state index contributed by atoms with van der Waals surface area (Å²) in [5.41, 5.74) is 2.44. The van der Waals surface area contributed by atoms with Gasteiger partial charge in [0, 0.05) is 23.3 Å². The number of hydrogen-bond acceptors (Lipinski definition) is 9. The molecule has 1 aliphatic carbocycles. The van der Waals surface area contributed by atoms with E-state index >= 15 is 0 Å². The summed E-state index contributed by atoms with van der Waals surface area (Å²) in [5, 5.41) is 3.44. The molecule has 208 valence electrons. The number of carbonyl (C=O) groups is 2. The summed E-state index contributed by atoms with van der Waals surface area (Å²) in [5.74, 6) is 1.22. The second kappa shape index (κ2) is 11.2. The predicted molar refractivity (Wildman–Crippen MR) is 154 cm³/mol. The number of ketones is 2. The van der Waals surface area contributed by atoms with Gasteiger partial charge in [0.1, 0.15) is 22.7 Å². The van der Waals surface area contributed by atoms with Gasteiger partial charge in [0.25, 0.3) is 0 Å². The average Bonchev–Trinajstić information content (AvgIpc) is 3.42. The summed E-state index contributed by atoms with van der Waals surface area (Å²) >= 11 is 0. The summed E-state index contributed by atoms with van der Waals surface area (Å²) in [6.07, 6.45) is 3.00. The Balaban J connectivity index is 1.33. The number of benzene rings is 2. The van der Waals surface area contributed by atoms with Crippen LogP contribution in [0.4, 0.5) is 0 Å². The standard InChI is InChI=1S/C31H34N4O5/c1-31(2)29(37)25-21(13-15-32-14-12-18-6-11-23(39-4)24(16-18)40-5)28(36)27-26(22(25)17-33-31)34-30(35-27)19-7-9-20(38-3)10-8-19/h6-11,16-17,21,25,32H,12-15H2,1-5H3. The molecule has 40 heavy (non-hydrogen) atoms. The molecule has 0 saturated heterocycles. The lowest BCUT2D eigenvalue weighted by Gasteiger charge is -2.37. The van der Waals surface area contributed by atoms with E-state index in [1.807, 2.05) is 42.5 Å². The van der Waals surface area contributed by atoms with Crippen LogP contribution in [0.1, 0.15) is 31.4 Å². The molecule has 5 rings (SSSR count). The van der Waals surface area contributed by atoms with E-state index in [1.54, 1.807) is 41.4 Å². The molecule has 2 unspecified atom stereocenters. The van der Waals surface area contributed by atoms with E-state index in [-0.39, 0.29) is 11.6 Å². The highest BCUT2D eigenvalue weighted by molar-refractivity contribution is 6.52. The number of Topliss-reactive ketones (excluding diaryl/α,β-unsaturated/α-hetero) is 2. The summed E-state index contributed by atoms with van der Waals surface area (Å²) in [4.78, 5) is 41.3. The first-order valence-electron chi connectivity index (χ1n) is 13.4. The number of allylic oxidation sites excluding steroid dienone is 2. The summed E-state index contributed by atoms with van der Waals surface area (Å²) in [6, 6.07) is 13.2. The number of nitrogens with one attached hydrogen (secondary N) is 1. The maximum atomic E-state index is 13.8. The highest BCUT2D eigenvalue weighted by Gasteiger charge is 2.50. The minimum atomic E-state index is -0.899. The van der Waals surface area contributed by atoms with Gasteiger partial charge in [0.15, 0.2) is 28.9 Å². The molecular weight excluding hydrogens is 508 g/mol. The van der Waals surface area contributed by atoms with Crippen LogP contribution >= 0.6 is 0 Å². The van der Waals surface area contributed by atoms with Gasteiger partial charge in [0.05, 0.1) is 27.2 Å². The number of methoxy groups -OCH3 is 3. The maximum absolute atomic E-state index is 13.8. The predicted octanol–water partition coefficient (Wildman–Crippen LogP) is 3.64. The van der Waals surface area contributed by atoms with Crippen molar-refractivity contribution < 1.29 is 23.8 Å². The lowest BCUT2D eigenvalue weighted by molar-refractivity contribution is -0.131. The van der Waals surface area contributed by atoms with Crippen LogP contribution in [0.25, 0.3) is 0 Å². The summed E-state index contributed by atoms with van der Waals surface area (Å²) < 4.78 is 16.0. The molecule has 9 nitrogen and oxygen atoms in total. The van der Waals surface area contributed by atoms with Crippen molar-refractivity contribution in [3.05, 3.63) is 64.9 Å². The summed E-state index contributed by atoms with van der Waals surface area (Å²) in [7, 11) is 4.84. The Morgan fingerprint density at radius 1 is 0.900 bits per heavy atom. The number of rotatable bonds is 10. The van der Waals surface area contributed by atoms with Crippen LogP contribution in [-0.2, 0) is 16.0 Å². The zero-order valence-corrected chi connectivity index (χ0v) is 23.5. The Bertz CT molecular complexity index is 1450. The van der Waals surface area contributed by atoms with Gasteiger partial charge in [-0.1, -0.05) is 6.07 Å². The number of carbonyl (C=O) groups excluding carboxylic acids is 2. The molecular formula is C31H34N4O5. The van der Waals surface area contributed by atoms with Gasteiger partial charge >= 0.3 is 0 Å². The van der Waals surface area contributed by atoms with Crippen LogP contribution in [0.5, 0.6) is 17.2 Å². The van der Waals surface area contributed by atoms with Crippen molar-refractivity contribution in [1.82, 2.24) is 5.32 Å². The average molecular weight is 543 g/mol. The maximum Gasteiger partial charge on any atom is 0.187 e. The third-order valence-electron chi connectivity index (χ3n) is 7.67. The van der Waals surface area contributed by atoms with E-state index in [0.29, 0.717) is 53.8 Å². The molecule has 2 heterocycles. The molecule has 3 aliphatic rings. The molecule has 0 spiro atoms. The van der Waals surface area contributed by atoms with Crippen molar-refractivity contribution in [2.75, 3.05) is 34.4 Å². The van der Waals surface area contributed by atoms with Crippen molar-refractivity contribution in [3.8, 4) is 17.2 Å². The second-order valence-electron chi connectivity index (χ2n) is 10.5. The minimum Gasteiger partial charge on any atom is -0.497 e. The van der Waals surface area contributed by atoms with Crippen LogP contribution in [0.3, 0.4) is 0 Å². The van der Waals surface area contributed by atoms with Gasteiger partial charge in [-0.05, 0) is 81.7 Å². The smallest absolute Gasteiger partial charge is 0.187 e. The lowest BCUT2D eigenvalue weighted by Crippen LogP contribution is -2.50. The number of ether oxygens (including phenoxy) is 3. The Morgan fingerprint density at radius 2 is 1.65 bits per heavy atom. The SMILES string of the molecule is COc1ccc(C2=NC3=C4C=NC(C)(C)C(=O)C4C(CCNCCc4ccc(OC)c(OC)c4)C(=O)C3=N2)cc1. The topological polar surface area (TPSA) is 111 Å². The zero-order chi connectivity index (χ0) is 28.4. The Kier molecular flexibility index (Phi) is 7.67. The molecule has 2 aliphatic heterocycles. The first-order chi connectivity index (χ1) is 19.3. The molecule has 0 saturated carbocycles. The minimum absolute atomic E-state index is 0.0617. The van der Waals surface area contributed by atoms with E-state index in [4.69, 9.17) is 19.2 Å². The number of amidine groups is 1. The van der Waals surface area contributed by atoms with Crippen molar-refractivity contribution in [2.45, 2.75) is 32.2 Å². The van der Waals surface area contributed by atoms with Crippen LogP contribution in [0.2, 0.25) is 0 Å². The Hall–Kier alpha value is -4.11. The zero-order valence-electron chi connectivity index (χ0n) is 23.5. The number of fused-ring (bicyclic) bond motifs is 2. The Morgan fingerprint density at radius 3 is 2.35 bits per heavy atom. The van der Waals surface area contributed by atoms with Crippen molar-refractivity contribution in [2.24, 2.45) is 26.8 Å². The van der Waals surface area contributed by atoms with Crippen LogP contribution in [0.15, 0.2) is 68.7 Å². The third kappa shape index (κ3) is 5.09. The fraction of sp³-hybridized carbons (Fsp3) is 0.387. The third-order valence-corrected chi connectivity index (χ3v) is 7.67. The molecule has 2 atom stereocenters. The number of nitrogens with zero attached hydrogens (tertiary/aromatic N) is 3. The normalized spacial score (nSPS) is 21.0. The fourth-order valence-electron chi connectivity index (χ4n) is 5.37. The quantitative estimate of drug-likeness (QED) is 0.459. The first kappa shape index (κ1) is 27.5. The molecule has 9 heteroatoms. The molecule has 1 N–H and O–H groups in total. The van der Waals surface area contributed by atoms with E-state index in [9.17, 15) is 9.59 Å². The highest BCUT2D eigenvalue weighted by Crippen LogP contribution is 2.41. The van der Waals surface area contributed by atoms with Gasteiger partial charge in [-0.15, -0.1) is 0 Å². The molecule has 0 bridgehead atoms. The van der Waals surface area contributed by atoms with Crippen molar-refractivity contribution in [3.63, 3.8) is 0 Å². The molecule has 2 aromatic carbocycles. The van der Waals surface area contributed by atoms with E-state index in [0.717, 1.165) is 23.3 Å². The van der Waals surface area contributed by atoms with Crippen molar-refractivity contribution >= 4 is 29.3 Å². The molecule has 2 aromatic rings. The largest absolute Gasteiger partial charge is 0.497 e. The van der Waals surface area contributed by atoms with Crippen LogP contribution < -0.4 is 19.5 Å². The van der Waals surface area contributed by atoms with Gasteiger partial charge in [0.2, 0.25) is 0 Å². The molecule has 0 fully saturated rings. The van der Waals surface area contributed by atoms with Gasteiger partial charge < -0.3 is 19.5 Å². The first-order valence-corrected chi connectivity index (χ1v) is 13.4.